The van der Waals surface area contributed by atoms with E-state index in [1.807, 2.05) is 19.9 Å². The van der Waals surface area contributed by atoms with Crippen molar-refractivity contribution in [3.63, 3.8) is 0 Å². The van der Waals surface area contributed by atoms with Crippen molar-refractivity contribution in [2.24, 2.45) is 17.6 Å². The van der Waals surface area contributed by atoms with E-state index >= 15 is 0 Å². The average Bonchev–Trinajstić information content (AvgIpc) is 2.99. The average molecular weight is 679 g/mol. The second-order valence-electron chi connectivity index (χ2n) is 13.0. The number of carbonyl (C=O) groups excluding carboxylic acids is 5. The Bertz CT molecular complexity index is 1860. The highest BCUT2D eigenvalue weighted by Gasteiger charge is 2.64. The van der Waals surface area contributed by atoms with Gasteiger partial charge in [-0.15, -0.1) is 0 Å². The first kappa shape index (κ1) is 34.9. The molecule has 260 valence electrons. The monoisotopic (exact) mass is 678 g/mol. The highest BCUT2D eigenvalue weighted by atomic mass is 16.7. The number of aromatic hydroxyl groups is 1. The zero-order valence-corrected chi connectivity index (χ0v) is 27.8. The number of esters is 1. The van der Waals surface area contributed by atoms with Crippen LogP contribution in [0.3, 0.4) is 0 Å². The number of fused-ring (bicyclic) bond motifs is 3. The number of likely N-dealkylation sites (N-methyl/N-ethyl adjacent to an activating group) is 1. The number of hydrogen-bond acceptors (Lipinski definition) is 13. The Morgan fingerprint density at radius 3 is 2.20 bits per heavy atom. The number of nitrogens with two attached hydrogens (primary N) is 1. The molecule has 0 aromatic heterocycles. The molecule has 1 fully saturated rings. The predicted octanol–water partition coefficient (Wildman–Crippen LogP) is 2.01. The summed E-state index contributed by atoms with van der Waals surface area (Å²) in [4.78, 5) is 67.9. The molecular formula is C34H38N4O11. The molecule has 0 spiro atoms. The van der Waals surface area contributed by atoms with Crippen LogP contribution in [-0.2, 0) is 30.3 Å². The molecule has 0 aliphatic heterocycles. The van der Waals surface area contributed by atoms with Gasteiger partial charge in [0, 0.05) is 31.3 Å². The van der Waals surface area contributed by atoms with Gasteiger partial charge in [0.05, 0.1) is 22.9 Å². The van der Waals surface area contributed by atoms with E-state index in [-0.39, 0.29) is 35.2 Å². The van der Waals surface area contributed by atoms with Crippen LogP contribution < -0.4 is 16.0 Å². The number of aliphatic hydroxyl groups excluding tert-OH is 2. The minimum atomic E-state index is -2.79. The third kappa shape index (κ3) is 5.74. The normalized spacial score (nSPS) is 23.1. The first-order chi connectivity index (χ1) is 22.9. The van der Waals surface area contributed by atoms with Gasteiger partial charge in [0.2, 0.25) is 12.6 Å². The summed E-state index contributed by atoms with van der Waals surface area (Å²) in [5, 5.41) is 48.2. The van der Waals surface area contributed by atoms with Crippen LogP contribution in [0.25, 0.3) is 5.76 Å². The van der Waals surface area contributed by atoms with E-state index < -0.39 is 82.6 Å². The summed E-state index contributed by atoms with van der Waals surface area (Å²) in [6.07, 6.45) is -1.14. The molecule has 0 heterocycles. The van der Waals surface area contributed by atoms with Gasteiger partial charge in [-0.25, -0.2) is 9.59 Å². The van der Waals surface area contributed by atoms with Crippen LogP contribution in [-0.4, -0.2) is 101 Å². The number of nitrogens with one attached hydrogen (secondary N) is 1. The number of nitrogens with zero attached hydrogens (tertiary/aromatic N) is 2. The van der Waals surface area contributed by atoms with E-state index in [0.717, 1.165) is 11.1 Å². The van der Waals surface area contributed by atoms with E-state index in [2.05, 4.69) is 5.32 Å². The molecule has 2 aromatic rings. The molecule has 1 saturated carbocycles. The van der Waals surface area contributed by atoms with Gasteiger partial charge in [-0.3, -0.25) is 24.6 Å². The number of ether oxygens (including phenoxy) is 2. The van der Waals surface area contributed by atoms with Crippen LogP contribution in [0.1, 0.15) is 39.0 Å². The molecular weight excluding hydrogens is 640 g/mol. The fraction of sp³-hybridized carbons (Fsp3) is 0.382. The number of phenols is 1. The lowest BCUT2D eigenvalue weighted by Gasteiger charge is -2.50. The number of phenolic OH excluding ortho intramolecular Hbond substituents is 1. The highest BCUT2D eigenvalue weighted by Crippen LogP contribution is 2.54. The standard InChI is InChI=1S/C34H38N4O11/c1-14-7-15(2)9-17(8-14)32(45)48-13-49-33(46)36-20-12-21(37(3)4)18-10-16-11-19-25(38(5)6)28(41)24(31(35)44)30(43)34(19,47)29(42)22(16)27(40)23(18)26(20)39/h7-9,12,16,19,25,39-40,43,47H,10-11,13H2,1-6H3,(H2,35,44)(H,36,46)/t16-,19-,25-,34-/m0/s1. The highest BCUT2D eigenvalue weighted by molar-refractivity contribution is 6.24. The molecule has 0 radical (unpaired) electrons. The molecule has 15 heteroatoms. The van der Waals surface area contributed by atoms with Crippen molar-refractivity contribution in [3.8, 4) is 5.75 Å². The first-order valence-electron chi connectivity index (χ1n) is 15.3. The number of anilines is 2. The van der Waals surface area contributed by atoms with Gasteiger partial charge in [0.1, 0.15) is 17.1 Å². The van der Waals surface area contributed by atoms with E-state index in [1.54, 1.807) is 31.1 Å². The van der Waals surface area contributed by atoms with Gasteiger partial charge >= 0.3 is 12.1 Å². The molecule has 0 saturated heterocycles. The Hall–Kier alpha value is -5.41. The summed E-state index contributed by atoms with van der Waals surface area (Å²) in [6, 6.07) is 5.33. The molecule has 4 atom stereocenters. The Balaban J connectivity index is 1.49. The molecule has 49 heavy (non-hydrogen) atoms. The van der Waals surface area contributed by atoms with Crippen molar-refractivity contribution in [1.82, 2.24) is 4.90 Å². The van der Waals surface area contributed by atoms with Gasteiger partial charge in [-0.1, -0.05) is 17.2 Å². The first-order valence-corrected chi connectivity index (χ1v) is 15.3. The zero-order valence-electron chi connectivity index (χ0n) is 27.8. The summed E-state index contributed by atoms with van der Waals surface area (Å²) >= 11 is 0. The Morgan fingerprint density at radius 2 is 1.63 bits per heavy atom. The SMILES string of the molecule is Cc1cc(C)cc(C(=O)OCOC(=O)Nc2cc(N(C)C)c3c(c2O)C(O)=C2C(=O)[C@]4(O)C(O)=C(C(N)=O)C(=O)[C@@H](N(C)C)[C@@H]4C[C@@H]2C3)c1. The summed E-state index contributed by atoms with van der Waals surface area (Å²) in [6.45, 7) is 2.88. The molecule has 3 aliphatic rings. The molecule has 2 aromatic carbocycles. The summed E-state index contributed by atoms with van der Waals surface area (Å²) in [7, 11) is 6.39. The number of ketones is 2. The third-order valence-electron chi connectivity index (χ3n) is 9.25. The number of Topliss-reactive ketones (excluding diaryl/α,β-unsaturated/α-hetero) is 2. The van der Waals surface area contributed by atoms with Gasteiger partial charge in [-0.2, -0.15) is 0 Å². The number of carbonyl (C=O) groups is 5. The van der Waals surface area contributed by atoms with E-state index in [4.69, 9.17) is 15.2 Å². The van der Waals surface area contributed by atoms with Crippen molar-refractivity contribution in [2.45, 2.75) is 38.3 Å². The third-order valence-corrected chi connectivity index (χ3v) is 9.25. The van der Waals surface area contributed by atoms with E-state index in [9.17, 15) is 44.4 Å². The molecule has 0 unspecified atom stereocenters. The number of primary amides is 1. The molecule has 7 N–H and O–H groups in total. The van der Waals surface area contributed by atoms with Crippen LogP contribution in [0.5, 0.6) is 5.75 Å². The predicted molar refractivity (Wildman–Crippen MR) is 175 cm³/mol. The van der Waals surface area contributed by atoms with Crippen molar-refractivity contribution >= 4 is 46.7 Å². The van der Waals surface area contributed by atoms with Gasteiger partial charge in [0.15, 0.2) is 17.1 Å². The minimum Gasteiger partial charge on any atom is -0.508 e. The second-order valence-corrected chi connectivity index (χ2v) is 13.0. The second kappa shape index (κ2) is 12.6. The number of aliphatic hydroxyl groups is 3. The van der Waals surface area contributed by atoms with E-state index in [1.165, 1.54) is 25.1 Å². The quantitative estimate of drug-likeness (QED) is 0.107. The number of aryl methyl sites for hydroxylation is 2. The largest absolute Gasteiger partial charge is 0.508 e. The molecule has 2 amide bonds. The van der Waals surface area contributed by atoms with Crippen LogP contribution >= 0.6 is 0 Å². The molecule has 5 rings (SSSR count). The number of rotatable bonds is 7. The summed E-state index contributed by atoms with van der Waals surface area (Å²) < 4.78 is 10.0. The number of hydrogen-bond donors (Lipinski definition) is 6. The maximum absolute atomic E-state index is 14.1. The number of benzene rings is 2. The molecule has 3 aliphatic carbocycles. The van der Waals surface area contributed by atoms with Crippen molar-refractivity contribution < 1.29 is 53.9 Å². The Kier molecular flexibility index (Phi) is 8.95. The Morgan fingerprint density at radius 1 is 1.00 bits per heavy atom. The fourth-order valence-electron chi connectivity index (χ4n) is 7.24. The van der Waals surface area contributed by atoms with Gasteiger partial charge in [-0.05, 0) is 70.5 Å². The topological polar surface area (TPSA) is 229 Å². The molecule has 15 nitrogen and oxygen atoms in total. The lowest BCUT2D eigenvalue weighted by Crippen LogP contribution is -2.65. The number of amides is 2. The smallest absolute Gasteiger partial charge is 0.414 e. The van der Waals surface area contributed by atoms with E-state index in [0.29, 0.717) is 11.3 Å². The summed E-state index contributed by atoms with van der Waals surface area (Å²) in [5.74, 6) is -8.63. The lowest BCUT2D eigenvalue weighted by atomic mass is 9.57. The van der Waals surface area contributed by atoms with Crippen LogP contribution in [0.15, 0.2) is 41.2 Å². The van der Waals surface area contributed by atoms with Gasteiger partial charge in [0.25, 0.3) is 5.91 Å². The Labute approximate surface area is 281 Å². The van der Waals surface area contributed by atoms with Crippen molar-refractivity contribution in [2.75, 3.05) is 45.2 Å². The minimum absolute atomic E-state index is 0.0503. The van der Waals surface area contributed by atoms with Crippen LogP contribution in [0.4, 0.5) is 16.2 Å². The lowest BCUT2D eigenvalue weighted by molar-refractivity contribution is -0.153. The van der Waals surface area contributed by atoms with Gasteiger partial charge < -0.3 is 40.5 Å². The fourth-order valence-corrected chi connectivity index (χ4v) is 7.24. The van der Waals surface area contributed by atoms with Crippen LogP contribution in [0, 0.1) is 25.7 Å². The van der Waals surface area contributed by atoms with Crippen LogP contribution in [0.2, 0.25) is 0 Å². The van der Waals surface area contributed by atoms with Crippen molar-refractivity contribution in [1.29, 1.82) is 0 Å². The maximum atomic E-state index is 14.1. The van der Waals surface area contributed by atoms with Crippen molar-refractivity contribution in [3.05, 3.63) is 69.0 Å². The zero-order chi connectivity index (χ0) is 36.3. The summed E-state index contributed by atoms with van der Waals surface area (Å²) in [5.41, 5.74) is 3.66. The maximum Gasteiger partial charge on any atom is 0.414 e. The molecule has 0 bridgehead atoms.